The van der Waals surface area contributed by atoms with E-state index in [1.54, 1.807) is 0 Å². The Morgan fingerprint density at radius 2 is 2.15 bits per heavy atom. The number of hydrogen-bond acceptors (Lipinski definition) is 1. The first-order valence-corrected chi connectivity index (χ1v) is 5.12. The van der Waals surface area contributed by atoms with Gasteiger partial charge in [-0.1, -0.05) is 31.0 Å². The normalized spacial score (nSPS) is 10.1. The van der Waals surface area contributed by atoms with E-state index in [0.29, 0.717) is 0 Å². The molecule has 0 bridgehead atoms. The summed E-state index contributed by atoms with van der Waals surface area (Å²) in [5.74, 6) is 0. The number of benzene rings is 1. The van der Waals surface area contributed by atoms with Gasteiger partial charge in [0.2, 0.25) is 0 Å². The third kappa shape index (κ3) is 3.27. The second kappa shape index (κ2) is 5.13. The molecule has 0 aliphatic heterocycles. The fourth-order valence-corrected chi connectivity index (χ4v) is 1.47. The number of hydrogen-bond donors (Lipinski definition) is 1. The Morgan fingerprint density at radius 3 is 2.77 bits per heavy atom. The van der Waals surface area contributed by atoms with Crippen molar-refractivity contribution in [1.82, 2.24) is 0 Å². The Kier molecular flexibility index (Phi) is 4.10. The molecule has 1 aromatic rings. The molecule has 1 N–H and O–H groups in total. The number of anilines is 1. The van der Waals surface area contributed by atoms with Gasteiger partial charge in [-0.15, -0.1) is 0 Å². The van der Waals surface area contributed by atoms with Crippen LogP contribution in [-0.4, -0.2) is 6.54 Å². The van der Waals surface area contributed by atoms with Crippen molar-refractivity contribution in [3.8, 4) is 0 Å². The zero-order valence-corrected chi connectivity index (χ0v) is 8.99. The second-order valence-electron chi connectivity index (χ2n) is 3.26. The molecule has 0 fully saturated rings. The highest BCUT2D eigenvalue weighted by atomic mass is 35.5. The topological polar surface area (TPSA) is 12.0 Å². The van der Waals surface area contributed by atoms with Gasteiger partial charge in [0, 0.05) is 6.54 Å². The standard InChI is InChI=1S/C11H16ClN/c1-3-4-7-13-11-6-5-9(2)8-10(11)12/h5-6,8,13H,3-4,7H2,1-2H3. The van der Waals surface area contributed by atoms with Crippen LogP contribution < -0.4 is 5.32 Å². The molecule has 0 saturated heterocycles. The van der Waals surface area contributed by atoms with Gasteiger partial charge in [0.1, 0.15) is 0 Å². The van der Waals surface area contributed by atoms with Gasteiger partial charge < -0.3 is 5.32 Å². The minimum Gasteiger partial charge on any atom is -0.384 e. The van der Waals surface area contributed by atoms with Crippen molar-refractivity contribution in [2.24, 2.45) is 0 Å². The smallest absolute Gasteiger partial charge is 0.0640 e. The fraction of sp³-hybridized carbons (Fsp3) is 0.455. The minimum atomic E-state index is 0.816. The molecule has 1 rings (SSSR count). The summed E-state index contributed by atoms with van der Waals surface area (Å²) in [6.07, 6.45) is 2.39. The molecule has 0 unspecified atom stereocenters. The summed E-state index contributed by atoms with van der Waals surface area (Å²) in [6, 6.07) is 6.09. The summed E-state index contributed by atoms with van der Waals surface area (Å²) < 4.78 is 0. The lowest BCUT2D eigenvalue weighted by molar-refractivity contribution is 0.834. The molecule has 0 radical (unpaired) electrons. The van der Waals surface area contributed by atoms with Crippen LogP contribution in [0.2, 0.25) is 5.02 Å². The molecule has 0 aliphatic rings. The predicted octanol–water partition coefficient (Wildman–Crippen LogP) is 3.86. The van der Waals surface area contributed by atoms with Crippen molar-refractivity contribution in [3.05, 3.63) is 28.8 Å². The molecule has 0 spiro atoms. The largest absolute Gasteiger partial charge is 0.384 e. The third-order valence-corrected chi connectivity index (χ3v) is 2.28. The minimum absolute atomic E-state index is 0.816. The van der Waals surface area contributed by atoms with Gasteiger partial charge in [0.25, 0.3) is 0 Å². The van der Waals surface area contributed by atoms with E-state index in [4.69, 9.17) is 11.6 Å². The monoisotopic (exact) mass is 197 g/mol. The second-order valence-corrected chi connectivity index (χ2v) is 3.67. The van der Waals surface area contributed by atoms with E-state index in [1.165, 1.54) is 18.4 Å². The van der Waals surface area contributed by atoms with Crippen LogP contribution in [0.25, 0.3) is 0 Å². The molecule has 0 amide bonds. The average molecular weight is 198 g/mol. The zero-order chi connectivity index (χ0) is 9.68. The van der Waals surface area contributed by atoms with E-state index >= 15 is 0 Å². The lowest BCUT2D eigenvalue weighted by atomic mass is 10.2. The van der Waals surface area contributed by atoms with Crippen LogP contribution >= 0.6 is 11.6 Å². The maximum Gasteiger partial charge on any atom is 0.0640 e. The van der Waals surface area contributed by atoms with Crippen LogP contribution in [0.1, 0.15) is 25.3 Å². The van der Waals surface area contributed by atoms with Gasteiger partial charge in [-0.05, 0) is 31.0 Å². The number of rotatable bonds is 4. The van der Waals surface area contributed by atoms with E-state index < -0.39 is 0 Å². The first kappa shape index (κ1) is 10.4. The molecule has 0 aliphatic carbocycles. The maximum atomic E-state index is 6.05. The highest BCUT2D eigenvalue weighted by Crippen LogP contribution is 2.22. The third-order valence-electron chi connectivity index (χ3n) is 1.97. The van der Waals surface area contributed by atoms with Crippen molar-refractivity contribution in [3.63, 3.8) is 0 Å². The quantitative estimate of drug-likeness (QED) is 0.723. The first-order chi connectivity index (χ1) is 6.24. The molecule has 0 saturated carbocycles. The van der Waals surface area contributed by atoms with Gasteiger partial charge in [0.05, 0.1) is 10.7 Å². The van der Waals surface area contributed by atoms with Gasteiger partial charge in [-0.3, -0.25) is 0 Å². The van der Waals surface area contributed by atoms with Gasteiger partial charge in [0.15, 0.2) is 0 Å². The Hall–Kier alpha value is -0.690. The van der Waals surface area contributed by atoms with Crippen molar-refractivity contribution < 1.29 is 0 Å². The molecule has 2 heteroatoms. The molecule has 0 aromatic heterocycles. The van der Waals surface area contributed by atoms with E-state index in [9.17, 15) is 0 Å². The highest BCUT2D eigenvalue weighted by molar-refractivity contribution is 6.33. The van der Waals surface area contributed by atoms with E-state index in [-0.39, 0.29) is 0 Å². The molecule has 1 aromatic carbocycles. The summed E-state index contributed by atoms with van der Waals surface area (Å²) in [4.78, 5) is 0. The molecular weight excluding hydrogens is 182 g/mol. The van der Waals surface area contributed by atoms with Crippen molar-refractivity contribution >= 4 is 17.3 Å². The van der Waals surface area contributed by atoms with Crippen molar-refractivity contribution in [2.75, 3.05) is 11.9 Å². The molecule has 0 heterocycles. The van der Waals surface area contributed by atoms with Crippen LogP contribution in [0, 0.1) is 6.92 Å². The van der Waals surface area contributed by atoms with E-state index in [2.05, 4.69) is 18.3 Å². The Balaban J connectivity index is 2.56. The Bertz CT molecular complexity index is 271. The summed E-state index contributed by atoms with van der Waals surface area (Å²) >= 11 is 6.05. The molecule has 0 atom stereocenters. The fourth-order valence-electron chi connectivity index (χ4n) is 1.16. The van der Waals surface area contributed by atoms with E-state index in [0.717, 1.165) is 17.3 Å². The maximum absolute atomic E-state index is 6.05. The number of halogens is 1. The molecule has 1 nitrogen and oxygen atoms in total. The van der Waals surface area contributed by atoms with Crippen molar-refractivity contribution in [1.29, 1.82) is 0 Å². The van der Waals surface area contributed by atoms with Crippen LogP contribution in [0.3, 0.4) is 0 Å². The van der Waals surface area contributed by atoms with Crippen LogP contribution in [0.5, 0.6) is 0 Å². The van der Waals surface area contributed by atoms with Gasteiger partial charge in [-0.25, -0.2) is 0 Å². The summed E-state index contributed by atoms with van der Waals surface area (Å²) in [5.41, 5.74) is 2.24. The lowest BCUT2D eigenvalue weighted by Crippen LogP contribution is -2.01. The molecule has 13 heavy (non-hydrogen) atoms. The molecule has 72 valence electrons. The Labute approximate surface area is 85.1 Å². The zero-order valence-electron chi connectivity index (χ0n) is 8.23. The van der Waals surface area contributed by atoms with Gasteiger partial charge in [-0.2, -0.15) is 0 Å². The SMILES string of the molecule is CCCCNc1ccc(C)cc1Cl. The van der Waals surface area contributed by atoms with Crippen molar-refractivity contribution in [2.45, 2.75) is 26.7 Å². The van der Waals surface area contributed by atoms with Crippen LogP contribution in [0.4, 0.5) is 5.69 Å². The number of aryl methyl sites for hydroxylation is 1. The number of unbranched alkanes of at least 4 members (excludes halogenated alkanes) is 1. The van der Waals surface area contributed by atoms with Crippen LogP contribution in [-0.2, 0) is 0 Å². The van der Waals surface area contributed by atoms with Gasteiger partial charge >= 0.3 is 0 Å². The molecular formula is C11H16ClN. The summed E-state index contributed by atoms with van der Waals surface area (Å²) in [7, 11) is 0. The Morgan fingerprint density at radius 1 is 1.38 bits per heavy atom. The lowest BCUT2D eigenvalue weighted by Gasteiger charge is -2.07. The average Bonchev–Trinajstić information content (AvgIpc) is 2.09. The predicted molar refractivity (Wildman–Crippen MR) is 59.6 cm³/mol. The first-order valence-electron chi connectivity index (χ1n) is 4.74. The summed E-state index contributed by atoms with van der Waals surface area (Å²) in [5, 5.41) is 4.12. The highest BCUT2D eigenvalue weighted by Gasteiger charge is 1.97. The summed E-state index contributed by atoms with van der Waals surface area (Å²) in [6.45, 7) is 5.22. The van der Waals surface area contributed by atoms with Crippen LogP contribution in [0.15, 0.2) is 18.2 Å². The van der Waals surface area contributed by atoms with E-state index in [1.807, 2.05) is 19.1 Å². The number of nitrogens with one attached hydrogen (secondary N) is 1.